The molecule has 0 radical (unpaired) electrons. The molecule has 0 atom stereocenters. The molecule has 0 aliphatic heterocycles. The van der Waals surface area contributed by atoms with E-state index in [1.165, 1.54) is 0 Å². The van der Waals surface area contributed by atoms with Crippen LogP contribution in [-0.2, 0) is 4.79 Å². The first-order valence-corrected chi connectivity index (χ1v) is 6.67. The summed E-state index contributed by atoms with van der Waals surface area (Å²) in [4.78, 5) is 24.2. The fourth-order valence-electron chi connectivity index (χ4n) is 1.90. The maximum absolute atomic E-state index is 12.0. The molecule has 1 amide bonds. The molecule has 7 nitrogen and oxygen atoms in total. The third kappa shape index (κ3) is 3.80. The fraction of sp³-hybridized carbons (Fsp3) is 0.615. The van der Waals surface area contributed by atoms with Crippen LogP contribution in [0.2, 0.25) is 0 Å². The summed E-state index contributed by atoms with van der Waals surface area (Å²) in [7, 11) is 3.49. The number of rotatable bonds is 6. The van der Waals surface area contributed by atoms with Crippen LogP contribution in [0.5, 0.6) is 0 Å². The van der Waals surface area contributed by atoms with Gasteiger partial charge in [0.05, 0.1) is 6.54 Å². The van der Waals surface area contributed by atoms with Crippen molar-refractivity contribution in [3.8, 4) is 0 Å². The van der Waals surface area contributed by atoms with Gasteiger partial charge in [-0.1, -0.05) is 6.92 Å². The predicted octanol–water partition coefficient (Wildman–Crippen LogP) is 0.684. The van der Waals surface area contributed by atoms with Crippen LogP contribution >= 0.6 is 0 Å². The summed E-state index contributed by atoms with van der Waals surface area (Å²) in [6, 6.07) is 0. The molecule has 0 unspecified atom stereocenters. The zero-order valence-corrected chi connectivity index (χ0v) is 12.9. The van der Waals surface area contributed by atoms with E-state index in [4.69, 9.17) is 5.84 Å². The first-order valence-electron chi connectivity index (χ1n) is 6.67. The molecule has 1 aromatic heterocycles. The lowest BCUT2D eigenvalue weighted by Crippen LogP contribution is -2.38. The Kier molecular flexibility index (Phi) is 5.69. The number of nitrogens with two attached hydrogens (primary N) is 1. The lowest BCUT2D eigenvalue weighted by molar-refractivity contribution is -0.127. The summed E-state index contributed by atoms with van der Waals surface area (Å²) in [5.41, 5.74) is 3.42. The molecular formula is C13H24N6O. The van der Waals surface area contributed by atoms with E-state index in [1.807, 2.05) is 18.7 Å². The number of likely N-dealkylation sites (N-methyl/N-ethyl adjacent to an activating group) is 1. The summed E-state index contributed by atoms with van der Waals surface area (Å²) < 4.78 is 0. The number of anilines is 2. The van der Waals surface area contributed by atoms with Gasteiger partial charge >= 0.3 is 0 Å². The summed E-state index contributed by atoms with van der Waals surface area (Å²) in [6.45, 7) is 6.82. The van der Waals surface area contributed by atoms with Crippen LogP contribution in [0.25, 0.3) is 0 Å². The van der Waals surface area contributed by atoms with Crippen molar-refractivity contribution in [2.75, 3.05) is 37.5 Å². The molecule has 7 heteroatoms. The second kappa shape index (κ2) is 7.04. The van der Waals surface area contributed by atoms with Crippen molar-refractivity contribution in [3.63, 3.8) is 0 Å². The Morgan fingerprint density at radius 3 is 2.45 bits per heavy atom. The van der Waals surface area contributed by atoms with Crippen LogP contribution in [0.1, 0.15) is 24.7 Å². The minimum absolute atomic E-state index is 0.0383. The maximum atomic E-state index is 12.0. The predicted molar refractivity (Wildman–Crippen MR) is 80.5 cm³/mol. The Balaban J connectivity index is 3.14. The highest BCUT2D eigenvalue weighted by molar-refractivity contribution is 5.81. The smallest absolute Gasteiger partial charge is 0.241 e. The standard InChI is InChI=1S/C13H24N6O/c1-6-7-19(8-11(20)18(4)5)13-9(2)12(17-14)15-10(3)16-13/h6-8,14H2,1-5H3,(H,15,16,17). The van der Waals surface area contributed by atoms with Gasteiger partial charge in [-0.05, 0) is 20.3 Å². The molecule has 1 heterocycles. The van der Waals surface area contributed by atoms with E-state index in [0.717, 1.165) is 24.3 Å². The molecule has 0 saturated carbocycles. The number of carbonyl (C=O) groups excluding carboxylic acids is 1. The van der Waals surface area contributed by atoms with Gasteiger partial charge in [0, 0.05) is 26.2 Å². The number of aryl methyl sites for hydroxylation is 1. The summed E-state index contributed by atoms with van der Waals surface area (Å²) >= 11 is 0. The van der Waals surface area contributed by atoms with Crippen LogP contribution in [0, 0.1) is 13.8 Å². The Morgan fingerprint density at radius 1 is 1.30 bits per heavy atom. The summed E-state index contributed by atoms with van der Waals surface area (Å²) in [5.74, 6) is 7.48. The number of nitrogen functional groups attached to an aromatic ring is 1. The van der Waals surface area contributed by atoms with Crippen LogP contribution in [0.15, 0.2) is 0 Å². The fourth-order valence-corrected chi connectivity index (χ4v) is 1.90. The zero-order valence-electron chi connectivity index (χ0n) is 12.9. The molecule has 20 heavy (non-hydrogen) atoms. The van der Waals surface area contributed by atoms with Crippen molar-refractivity contribution in [1.29, 1.82) is 0 Å². The van der Waals surface area contributed by atoms with Crippen LogP contribution in [0.3, 0.4) is 0 Å². The van der Waals surface area contributed by atoms with Crippen molar-refractivity contribution >= 4 is 17.5 Å². The van der Waals surface area contributed by atoms with Crippen molar-refractivity contribution in [1.82, 2.24) is 14.9 Å². The van der Waals surface area contributed by atoms with E-state index >= 15 is 0 Å². The molecule has 0 spiro atoms. The SMILES string of the molecule is CCCN(CC(=O)N(C)C)c1nc(C)nc(NN)c1C. The third-order valence-electron chi connectivity index (χ3n) is 2.99. The van der Waals surface area contributed by atoms with E-state index in [0.29, 0.717) is 18.2 Å². The Morgan fingerprint density at radius 2 is 1.95 bits per heavy atom. The summed E-state index contributed by atoms with van der Waals surface area (Å²) in [6.07, 6.45) is 0.925. The minimum atomic E-state index is 0.0383. The normalized spacial score (nSPS) is 10.3. The Hall–Kier alpha value is -1.89. The second-order valence-electron chi connectivity index (χ2n) is 4.92. The van der Waals surface area contributed by atoms with Gasteiger partial charge in [0.1, 0.15) is 17.5 Å². The highest BCUT2D eigenvalue weighted by atomic mass is 16.2. The minimum Gasteiger partial charge on any atom is -0.347 e. The van der Waals surface area contributed by atoms with E-state index in [9.17, 15) is 4.79 Å². The van der Waals surface area contributed by atoms with Crippen molar-refractivity contribution in [2.24, 2.45) is 5.84 Å². The topological polar surface area (TPSA) is 87.4 Å². The highest BCUT2D eigenvalue weighted by Gasteiger charge is 2.18. The lowest BCUT2D eigenvalue weighted by atomic mass is 10.2. The molecule has 0 saturated heterocycles. The maximum Gasteiger partial charge on any atom is 0.241 e. The first kappa shape index (κ1) is 16.2. The number of hydrazine groups is 1. The summed E-state index contributed by atoms with van der Waals surface area (Å²) in [5, 5.41) is 0. The average Bonchev–Trinajstić information content (AvgIpc) is 2.40. The monoisotopic (exact) mass is 280 g/mol. The van der Waals surface area contributed by atoms with E-state index in [-0.39, 0.29) is 5.91 Å². The molecule has 1 aromatic rings. The quantitative estimate of drug-likeness (QED) is 0.588. The molecule has 0 aliphatic carbocycles. The van der Waals surface area contributed by atoms with Crippen molar-refractivity contribution in [2.45, 2.75) is 27.2 Å². The lowest BCUT2D eigenvalue weighted by Gasteiger charge is -2.26. The molecule has 112 valence electrons. The number of carbonyl (C=O) groups is 1. The van der Waals surface area contributed by atoms with Gasteiger partial charge in [-0.2, -0.15) is 0 Å². The molecule has 0 bridgehead atoms. The van der Waals surface area contributed by atoms with Gasteiger partial charge in [0.2, 0.25) is 5.91 Å². The average molecular weight is 280 g/mol. The molecular weight excluding hydrogens is 256 g/mol. The van der Waals surface area contributed by atoms with Gasteiger partial charge in [-0.15, -0.1) is 0 Å². The number of aromatic nitrogens is 2. The molecule has 0 aliphatic rings. The van der Waals surface area contributed by atoms with Crippen molar-refractivity contribution in [3.05, 3.63) is 11.4 Å². The van der Waals surface area contributed by atoms with Crippen LogP contribution in [0.4, 0.5) is 11.6 Å². The number of nitrogens with zero attached hydrogens (tertiary/aromatic N) is 4. The van der Waals surface area contributed by atoms with E-state index in [1.54, 1.807) is 19.0 Å². The first-order chi connectivity index (χ1) is 9.40. The van der Waals surface area contributed by atoms with Gasteiger partial charge in [-0.3, -0.25) is 4.79 Å². The Bertz CT molecular complexity index is 474. The number of hydrogen-bond acceptors (Lipinski definition) is 6. The van der Waals surface area contributed by atoms with Gasteiger partial charge in [0.15, 0.2) is 0 Å². The molecule has 1 rings (SSSR count). The van der Waals surface area contributed by atoms with E-state index in [2.05, 4.69) is 22.3 Å². The largest absolute Gasteiger partial charge is 0.347 e. The number of nitrogens with one attached hydrogen (secondary N) is 1. The molecule has 0 aromatic carbocycles. The van der Waals surface area contributed by atoms with Crippen molar-refractivity contribution < 1.29 is 4.79 Å². The van der Waals surface area contributed by atoms with E-state index < -0.39 is 0 Å². The second-order valence-corrected chi connectivity index (χ2v) is 4.92. The molecule has 0 fully saturated rings. The van der Waals surface area contributed by atoms with Crippen LogP contribution in [-0.4, -0.2) is 48.0 Å². The number of amides is 1. The third-order valence-corrected chi connectivity index (χ3v) is 2.99. The van der Waals surface area contributed by atoms with Gasteiger partial charge in [0.25, 0.3) is 0 Å². The van der Waals surface area contributed by atoms with Gasteiger partial charge in [-0.25, -0.2) is 15.8 Å². The van der Waals surface area contributed by atoms with Crippen LogP contribution < -0.4 is 16.2 Å². The number of hydrogen-bond donors (Lipinski definition) is 2. The Labute approximate surface area is 120 Å². The highest BCUT2D eigenvalue weighted by Crippen LogP contribution is 2.23. The molecule has 3 N–H and O–H groups in total. The zero-order chi connectivity index (χ0) is 15.3. The van der Waals surface area contributed by atoms with Gasteiger partial charge < -0.3 is 15.2 Å².